The number of anilines is 4. The zero-order chi connectivity index (χ0) is 53.5. The lowest BCUT2D eigenvalue weighted by Crippen LogP contribution is -2.31. The molecular weight excluding hydrogens is 977 g/mol. The lowest BCUT2D eigenvalue weighted by Gasteiger charge is -2.17. The number of nitro benzene ring substituents is 1. The van der Waals surface area contributed by atoms with E-state index in [4.69, 9.17) is 23.9 Å². The number of imidazole rings is 1. The molecule has 0 spiro atoms. The minimum Gasteiger partial charge on any atom is -0.476 e. The van der Waals surface area contributed by atoms with Crippen LogP contribution in [0.3, 0.4) is 0 Å². The molecule has 1 aliphatic heterocycles. The van der Waals surface area contributed by atoms with E-state index >= 15 is 0 Å². The van der Waals surface area contributed by atoms with Crippen LogP contribution in [-0.2, 0) is 58.4 Å². The number of hydrogen-bond donors (Lipinski definition) is 5. The van der Waals surface area contributed by atoms with Gasteiger partial charge in [0.2, 0.25) is 11.8 Å². The second-order valence-electron chi connectivity index (χ2n) is 17.6. The van der Waals surface area contributed by atoms with E-state index in [-0.39, 0.29) is 66.7 Å². The molecule has 392 valence electrons. The van der Waals surface area contributed by atoms with E-state index in [0.717, 1.165) is 5.56 Å². The molecule has 0 radical (unpaired) electrons. The fourth-order valence-corrected chi connectivity index (χ4v) is 8.33. The zero-order valence-electron chi connectivity index (χ0n) is 41.7. The monoisotopic (exact) mass is 1030 g/mol. The van der Waals surface area contributed by atoms with Crippen LogP contribution in [0.1, 0.15) is 80.4 Å². The number of nitrogens with zero attached hydrogens (tertiary/aromatic N) is 9. The van der Waals surface area contributed by atoms with Gasteiger partial charge in [-0.05, 0) is 42.3 Å². The number of aryl methyl sites for hydroxylation is 4. The smallest absolute Gasteiger partial charge is 0.303 e. The molecule has 26 heteroatoms. The predicted molar refractivity (Wildman–Crippen MR) is 269 cm³/mol. The minimum atomic E-state index is -0.764. The van der Waals surface area contributed by atoms with E-state index < -0.39 is 53.0 Å². The molecule has 1 fully saturated rings. The van der Waals surface area contributed by atoms with Crippen LogP contribution in [0.25, 0.3) is 11.2 Å². The van der Waals surface area contributed by atoms with Crippen molar-refractivity contribution < 1.29 is 52.6 Å². The highest BCUT2D eigenvalue weighted by atomic mass is 16.6. The first-order chi connectivity index (χ1) is 35.9. The molecule has 1 saturated heterocycles. The van der Waals surface area contributed by atoms with Gasteiger partial charge in [-0.1, -0.05) is 12.1 Å². The molecule has 6 aromatic heterocycles. The van der Waals surface area contributed by atoms with E-state index in [2.05, 4.69) is 36.6 Å². The van der Waals surface area contributed by atoms with Gasteiger partial charge in [0.1, 0.15) is 47.8 Å². The average Bonchev–Trinajstić information content (AvgIpc) is 4.24. The fourth-order valence-electron chi connectivity index (χ4n) is 8.33. The first-order valence-corrected chi connectivity index (χ1v) is 23.5. The maximum absolute atomic E-state index is 13.5. The Hall–Kier alpha value is -9.33. The Morgan fingerprint density at radius 2 is 1.36 bits per heavy atom. The molecule has 4 amide bonds. The summed E-state index contributed by atoms with van der Waals surface area (Å²) >= 11 is 0. The number of fused-ring (bicyclic) bond motifs is 1. The number of rotatable bonds is 21. The molecule has 0 aliphatic carbocycles. The van der Waals surface area contributed by atoms with Gasteiger partial charge in [0.05, 0.1) is 34.9 Å². The van der Waals surface area contributed by atoms with Gasteiger partial charge in [-0.25, -0.2) is 4.98 Å². The van der Waals surface area contributed by atoms with Crippen LogP contribution in [0.5, 0.6) is 5.88 Å². The van der Waals surface area contributed by atoms with E-state index in [9.17, 15) is 38.9 Å². The molecule has 3 atom stereocenters. The number of benzene rings is 1. The highest BCUT2D eigenvalue weighted by Gasteiger charge is 2.40. The molecular formula is C49H54N14O12. The molecule has 0 bridgehead atoms. The van der Waals surface area contributed by atoms with Crippen molar-refractivity contribution in [1.29, 1.82) is 0 Å². The largest absolute Gasteiger partial charge is 0.476 e. The van der Waals surface area contributed by atoms with Crippen LogP contribution in [-0.4, -0.2) is 117 Å². The standard InChI is InChI=1S/C49H54N14O12/c1-28(64)73-26-40-39(74-29(2)65)22-41(75-40)62-27-52-42-43(62)56-49(57-48(42)72-18-14-30-10-12-34(13-11-30)63(70)71)51-16-8-15-50-44(66)36-19-31(23-59(36)4)54-46(68)38-21-33(25-61(38)6)55-47(69)37-20-32(24-60(37)5)53-45(67)35-9-7-17-58(35)3/h7,9-13,17,19-21,23-25,27,39-41H,8,14-16,18,22,26H2,1-6H3,(H,50,66)(H,53,67)(H,54,68)(H,55,69)(H,51,56,57)/t39?,40-,41-/m1/s1. The number of ether oxygens (including phenoxy) is 4. The normalized spacial score (nSPS) is 15.0. The minimum absolute atomic E-state index is 0.0342. The van der Waals surface area contributed by atoms with Gasteiger partial charge < -0.3 is 63.8 Å². The van der Waals surface area contributed by atoms with Crippen LogP contribution in [0.15, 0.2) is 85.7 Å². The van der Waals surface area contributed by atoms with Crippen molar-refractivity contribution in [2.75, 3.05) is 47.6 Å². The van der Waals surface area contributed by atoms with Crippen molar-refractivity contribution in [3.63, 3.8) is 0 Å². The molecule has 75 heavy (non-hydrogen) atoms. The SMILES string of the molecule is CC(=O)OC[C@H]1O[C@@H](n2cnc3c(OCCc4ccc([N+](=O)[O-])cc4)nc(NCCCNC(=O)c4cc(NC(=O)c5cc(NC(=O)c6cc(NC(=O)c7cccn7C)cn6C)cn5C)cn4C)nc32)CC1OC(C)=O. The third-order valence-corrected chi connectivity index (χ3v) is 12.0. The first-order valence-electron chi connectivity index (χ1n) is 23.5. The van der Waals surface area contributed by atoms with E-state index in [0.29, 0.717) is 53.3 Å². The Labute approximate surface area is 427 Å². The topological polar surface area (TPSA) is 306 Å². The third kappa shape index (κ3) is 12.5. The van der Waals surface area contributed by atoms with Crippen LogP contribution >= 0.6 is 0 Å². The molecule has 7 heterocycles. The maximum atomic E-state index is 13.5. The van der Waals surface area contributed by atoms with E-state index in [1.807, 2.05) is 0 Å². The summed E-state index contributed by atoms with van der Waals surface area (Å²) in [5, 5.41) is 25.6. The van der Waals surface area contributed by atoms with Gasteiger partial charge in [0.15, 0.2) is 11.2 Å². The summed E-state index contributed by atoms with van der Waals surface area (Å²) in [4.78, 5) is 101. The van der Waals surface area contributed by atoms with Crippen molar-refractivity contribution in [3.8, 4) is 5.88 Å². The number of non-ortho nitro benzene ring substituents is 1. The second-order valence-corrected chi connectivity index (χ2v) is 17.6. The Morgan fingerprint density at radius 1 is 0.760 bits per heavy atom. The van der Waals surface area contributed by atoms with Gasteiger partial charge >= 0.3 is 11.9 Å². The summed E-state index contributed by atoms with van der Waals surface area (Å²) in [6.07, 6.45) is 6.84. The molecule has 1 aromatic carbocycles. The van der Waals surface area contributed by atoms with E-state index in [1.54, 1.807) is 106 Å². The van der Waals surface area contributed by atoms with Crippen LogP contribution < -0.4 is 31.3 Å². The van der Waals surface area contributed by atoms with Crippen molar-refractivity contribution in [3.05, 3.63) is 124 Å². The van der Waals surface area contributed by atoms with Gasteiger partial charge in [0.25, 0.3) is 29.3 Å². The Kier molecular flexibility index (Phi) is 15.7. The second kappa shape index (κ2) is 22.6. The van der Waals surface area contributed by atoms with Gasteiger partial charge in [0, 0.05) is 105 Å². The summed E-state index contributed by atoms with van der Waals surface area (Å²) in [6, 6.07) is 14.2. The highest BCUT2D eigenvalue weighted by molar-refractivity contribution is 6.08. The average molecular weight is 1030 g/mol. The van der Waals surface area contributed by atoms with Crippen LogP contribution in [0, 0.1) is 10.1 Å². The Balaban J connectivity index is 0.866. The maximum Gasteiger partial charge on any atom is 0.303 e. The number of hydrogen-bond acceptors (Lipinski definition) is 16. The van der Waals surface area contributed by atoms with Crippen molar-refractivity contribution >= 4 is 75.4 Å². The van der Waals surface area contributed by atoms with Gasteiger partial charge in [-0.2, -0.15) is 9.97 Å². The summed E-state index contributed by atoms with van der Waals surface area (Å²) in [5.74, 6) is -2.42. The quantitative estimate of drug-likeness (QED) is 0.0287. The lowest BCUT2D eigenvalue weighted by atomic mass is 10.1. The molecule has 7 aromatic rings. The number of esters is 2. The number of amides is 4. The summed E-state index contributed by atoms with van der Waals surface area (Å²) in [6.45, 7) is 3.06. The summed E-state index contributed by atoms with van der Waals surface area (Å²) < 4.78 is 31.0. The predicted octanol–water partition coefficient (Wildman–Crippen LogP) is 4.48. The number of aromatic nitrogens is 8. The fraction of sp³-hybridized carbons (Fsp3) is 0.327. The third-order valence-electron chi connectivity index (χ3n) is 12.0. The molecule has 26 nitrogen and oxygen atoms in total. The Morgan fingerprint density at radius 3 is 1.92 bits per heavy atom. The van der Waals surface area contributed by atoms with Gasteiger partial charge in [-0.3, -0.25) is 43.4 Å². The molecule has 5 N–H and O–H groups in total. The van der Waals surface area contributed by atoms with Crippen LogP contribution in [0.2, 0.25) is 0 Å². The van der Waals surface area contributed by atoms with E-state index in [1.165, 1.54) is 44.4 Å². The van der Waals surface area contributed by atoms with Crippen molar-refractivity contribution in [1.82, 2.24) is 43.1 Å². The lowest BCUT2D eigenvalue weighted by molar-refractivity contribution is -0.384. The number of carbonyl (C=O) groups excluding carboxylic acids is 6. The highest BCUT2D eigenvalue weighted by Crippen LogP contribution is 2.35. The molecule has 1 aliphatic rings. The Bertz CT molecular complexity index is 3290. The van der Waals surface area contributed by atoms with Gasteiger partial charge in [-0.15, -0.1) is 0 Å². The number of nitrogens with one attached hydrogen (secondary N) is 5. The molecule has 8 rings (SSSR count). The molecule has 0 saturated carbocycles. The first kappa shape index (κ1) is 52.0. The van der Waals surface area contributed by atoms with Crippen molar-refractivity contribution in [2.45, 2.75) is 51.5 Å². The summed E-state index contributed by atoms with van der Waals surface area (Å²) in [7, 11) is 6.75. The summed E-state index contributed by atoms with van der Waals surface area (Å²) in [5.41, 5.74) is 3.76. The van der Waals surface area contributed by atoms with Crippen LogP contribution in [0.4, 0.5) is 28.7 Å². The zero-order valence-corrected chi connectivity index (χ0v) is 41.7. The number of carbonyl (C=O) groups is 6. The number of nitro groups is 1. The molecule has 1 unspecified atom stereocenters. The van der Waals surface area contributed by atoms with Crippen molar-refractivity contribution in [2.24, 2.45) is 28.2 Å².